The van der Waals surface area contributed by atoms with E-state index in [4.69, 9.17) is 5.11 Å². The van der Waals surface area contributed by atoms with Crippen LogP contribution in [-0.4, -0.2) is 29.7 Å². The Labute approximate surface area is 114 Å². The molecule has 0 aliphatic heterocycles. The van der Waals surface area contributed by atoms with Crippen molar-refractivity contribution in [3.63, 3.8) is 0 Å². The number of aliphatic carboxylic acids is 1. The SMILES string of the molecule is CC(CC(=O)O)S(=O)(=O)Cc1cc(F)ccc1[N+](=O)[O-]. The number of carboxylic acids is 1. The minimum atomic E-state index is -3.93. The second-order valence-corrected chi connectivity index (χ2v) is 6.66. The molecule has 0 saturated heterocycles. The number of carbonyl (C=O) groups is 1. The Bertz CT molecular complexity index is 642. The van der Waals surface area contributed by atoms with Crippen LogP contribution < -0.4 is 0 Å². The lowest BCUT2D eigenvalue weighted by molar-refractivity contribution is -0.385. The van der Waals surface area contributed by atoms with E-state index in [0.717, 1.165) is 18.2 Å². The molecule has 0 saturated carbocycles. The number of hydrogen-bond donors (Lipinski definition) is 1. The van der Waals surface area contributed by atoms with Crippen molar-refractivity contribution in [3.05, 3.63) is 39.7 Å². The van der Waals surface area contributed by atoms with E-state index in [1.165, 1.54) is 6.92 Å². The molecule has 7 nitrogen and oxygen atoms in total. The van der Waals surface area contributed by atoms with Crippen LogP contribution in [-0.2, 0) is 20.4 Å². The molecule has 0 fully saturated rings. The Morgan fingerprint density at radius 3 is 2.60 bits per heavy atom. The van der Waals surface area contributed by atoms with Crippen molar-refractivity contribution in [2.75, 3.05) is 0 Å². The number of rotatable bonds is 6. The van der Waals surface area contributed by atoms with Crippen LogP contribution in [0.4, 0.5) is 10.1 Å². The number of carboxylic acid groups (broad SMARTS) is 1. The van der Waals surface area contributed by atoms with E-state index in [1.54, 1.807) is 0 Å². The Kier molecular flexibility index (Phi) is 4.77. The second kappa shape index (κ2) is 5.95. The van der Waals surface area contributed by atoms with Crippen LogP contribution >= 0.6 is 0 Å². The Hall–Kier alpha value is -2.03. The molecule has 1 unspecified atom stereocenters. The van der Waals surface area contributed by atoms with E-state index in [0.29, 0.717) is 0 Å². The third kappa shape index (κ3) is 3.98. The highest BCUT2D eigenvalue weighted by atomic mass is 32.2. The average molecular weight is 305 g/mol. The molecular weight excluding hydrogens is 293 g/mol. The fourth-order valence-corrected chi connectivity index (χ4v) is 2.93. The summed E-state index contributed by atoms with van der Waals surface area (Å²) in [4.78, 5) is 20.5. The number of halogens is 1. The van der Waals surface area contributed by atoms with Crippen molar-refractivity contribution < 1.29 is 27.6 Å². The van der Waals surface area contributed by atoms with Crippen LogP contribution in [0.3, 0.4) is 0 Å². The number of benzene rings is 1. The topological polar surface area (TPSA) is 115 Å². The first kappa shape index (κ1) is 16.0. The molecule has 0 heterocycles. The summed E-state index contributed by atoms with van der Waals surface area (Å²) in [6.45, 7) is 1.19. The molecule has 0 amide bonds. The van der Waals surface area contributed by atoms with Crippen LogP contribution in [0.1, 0.15) is 18.9 Å². The highest BCUT2D eigenvalue weighted by Crippen LogP contribution is 2.24. The van der Waals surface area contributed by atoms with Gasteiger partial charge in [0.2, 0.25) is 0 Å². The second-order valence-electron chi connectivity index (χ2n) is 4.25. The van der Waals surface area contributed by atoms with Gasteiger partial charge in [-0.25, -0.2) is 12.8 Å². The molecule has 0 aliphatic rings. The molecule has 1 aromatic carbocycles. The van der Waals surface area contributed by atoms with Gasteiger partial charge in [0.1, 0.15) is 5.82 Å². The lowest BCUT2D eigenvalue weighted by Crippen LogP contribution is -2.23. The number of hydrogen-bond acceptors (Lipinski definition) is 5. The van der Waals surface area contributed by atoms with E-state index < -0.39 is 49.7 Å². The molecule has 0 aromatic heterocycles. The lowest BCUT2D eigenvalue weighted by Gasteiger charge is -2.11. The van der Waals surface area contributed by atoms with Crippen LogP contribution in [0.25, 0.3) is 0 Å². The standard InChI is InChI=1S/C11H12FNO6S/c1-7(4-11(14)15)20(18,19)6-8-5-9(12)2-3-10(8)13(16)17/h2-3,5,7H,4,6H2,1H3,(H,14,15). The third-order valence-electron chi connectivity index (χ3n) is 2.67. The zero-order valence-corrected chi connectivity index (χ0v) is 11.3. The fourth-order valence-electron chi connectivity index (χ4n) is 1.58. The number of nitro groups is 1. The van der Waals surface area contributed by atoms with E-state index in [9.17, 15) is 27.7 Å². The summed E-state index contributed by atoms with van der Waals surface area (Å²) >= 11 is 0. The van der Waals surface area contributed by atoms with Gasteiger partial charge in [0, 0.05) is 11.6 Å². The van der Waals surface area contributed by atoms with E-state index in [2.05, 4.69) is 0 Å². The first-order valence-electron chi connectivity index (χ1n) is 5.49. The molecule has 20 heavy (non-hydrogen) atoms. The summed E-state index contributed by atoms with van der Waals surface area (Å²) in [6.07, 6.45) is -0.620. The zero-order valence-electron chi connectivity index (χ0n) is 10.4. The smallest absolute Gasteiger partial charge is 0.304 e. The first-order valence-corrected chi connectivity index (χ1v) is 7.21. The summed E-state index contributed by atoms with van der Waals surface area (Å²) in [6, 6.07) is 2.50. The Balaban J connectivity index is 3.12. The maximum absolute atomic E-state index is 13.1. The minimum absolute atomic E-state index is 0.299. The number of sulfone groups is 1. The van der Waals surface area contributed by atoms with Crippen molar-refractivity contribution in [2.45, 2.75) is 24.3 Å². The van der Waals surface area contributed by atoms with Crippen molar-refractivity contribution >= 4 is 21.5 Å². The van der Waals surface area contributed by atoms with Crippen molar-refractivity contribution in [1.29, 1.82) is 0 Å². The van der Waals surface area contributed by atoms with Crippen LogP contribution in [0.5, 0.6) is 0 Å². The molecule has 0 spiro atoms. The predicted octanol–water partition coefficient (Wildman–Crippen LogP) is 1.51. The van der Waals surface area contributed by atoms with Crippen molar-refractivity contribution in [3.8, 4) is 0 Å². The third-order valence-corrected chi connectivity index (χ3v) is 4.78. The highest BCUT2D eigenvalue weighted by Gasteiger charge is 2.27. The largest absolute Gasteiger partial charge is 0.481 e. The molecule has 1 rings (SSSR count). The van der Waals surface area contributed by atoms with Gasteiger partial charge in [-0.05, 0) is 19.1 Å². The van der Waals surface area contributed by atoms with Gasteiger partial charge in [0.25, 0.3) is 5.69 Å². The van der Waals surface area contributed by atoms with Crippen LogP contribution in [0.2, 0.25) is 0 Å². The summed E-state index contributed by atoms with van der Waals surface area (Å²) < 4.78 is 36.9. The molecule has 1 aromatic rings. The molecule has 0 aliphatic carbocycles. The van der Waals surface area contributed by atoms with Crippen molar-refractivity contribution in [2.24, 2.45) is 0 Å². The summed E-state index contributed by atoms with van der Waals surface area (Å²) in [5, 5.41) is 18.1. The molecule has 9 heteroatoms. The predicted molar refractivity (Wildman–Crippen MR) is 67.4 cm³/mol. The summed E-state index contributed by atoms with van der Waals surface area (Å²) in [5.74, 6) is -2.88. The van der Waals surface area contributed by atoms with Gasteiger partial charge in [0.15, 0.2) is 9.84 Å². The van der Waals surface area contributed by atoms with Gasteiger partial charge in [0.05, 0.1) is 22.3 Å². The Morgan fingerprint density at radius 1 is 1.50 bits per heavy atom. The van der Waals surface area contributed by atoms with E-state index in [1.807, 2.05) is 0 Å². The zero-order chi connectivity index (χ0) is 15.5. The molecule has 1 N–H and O–H groups in total. The molecule has 0 bridgehead atoms. The molecule has 1 atom stereocenters. The maximum Gasteiger partial charge on any atom is 0.304 e. The van der Waals surface area contributed by atoms with E-state index >= 15 is 0 Å². The van der Waals surface area contributed by atoms with Gasteiger partial charge < -0.3 is 5.11 Å². The fraction of sp³-hybridized carbons (Fsp3) is 0.364. The van der Waals surface area contributed by atoms with Gasteiger partial charge in [-0.15, -0.1) is 0 Å². The van der Waals surface area contributed by atoms with Crippen LogP contribution in [0.15, 0.2) is 18.2 Å². The van der Waals surface area contributed by atoms with Crippen molar-refractivity contribution in [1.82, 2.24) is 0 Å². The molecule has 110 valence electrons. The minimum Gasteiger partial charge on any atom is -0.481 e. The van der Waals surface area contributed by atoms with Gasteiger partial charge >= 0.3 is 5.97 Å². The van der Waals surface area contributed by atoms with Gasteiger partial charge in [-0.3, -0.25) is 14.9 Å². The monoisotopic (exact) mass is 305 g/mol. The quantitative estimate of drug-likeness (QED) is 0.629. The number of nitro benzene ring substituents is 1. The average Bonchev–Trinajstić information content (AvgIpc) is 2.26. The van der Waals surface area contributed by atoms with Crippen LogP contribution in [0, 0.1) is 15.9 Å². The Morgan fingerprint density at radius 2 is 2.10 bits per heavy atom. The maximum atomic E-state index is 13.1. The molecular formula is C11H12FNO6S. The van der Waals surface area contributed by atoms with Gasteiger partial charge in [-0.2, -0.15) is 0 Å². The highest BCUT2D eigenvalue weighted by molar-refractivity contribution is 7.91. The number of nitrogens with zero attached hydrogens (tertiary/aromatic N) is 1. The first-order chi connectivity index (χ1) is 9.13. The summed E-state index contributed by atoms with van der Waals surface area (Å²) in [7, 11) is -3.93. The molecule has 0 radical (unpaired) electrons. The van der Waals surface area contributed by atoms with Gasteiger partial charge in [-0.1, -0.05) is 0 Å². The normalized spacial score (nSPS) is 12.9. The van der Waals surface area contributed by atoms with E-state index in [-0.39, 0.29) is 5.56 Å². The summed E-state index contributed by atoms with van der Waals surface area (Å²) in [5.41, 5.74) is -0.815. The lowest BCUT2D eigenvalue weighted by atomic mass is 10.2.